The van der Waals surface area contributed by atoms with E-state index < -0.39 is 0 Å². The van der Waals surface area contributed by atoms with Gasteiger partial charge in [0.05, 0.1) is 0 Å². The van der Waals surface area contributed by atoms with Gasteiger partial charge in [-0.15, -0.1) is 0 Å². The van der Waals surface area contributed by atoms with E-state index in [1.165, 1.54) is 16.7 Å². The molecule has 0 radical (unpaired) electrons. The summed E-state index contributed by atoms with van der Waals surface area (Å²) in [5.74, 6) is 1.36. The van der Waals surface area contributed by atoms with Gasteiger partial charge in [-0.1, -0.05) is 54.9 Å². The predicted octanol–water partition coefficient (Wildman–Crippen LogP) is 5.03. The summed E-state index contributed by atoms with van der Waals surface area (Å²) in [5, 5.41) is 0. The molecule has 1 aromatic carbocycles. The minimum Gasteiger partial charge on any atom is -0.0836 e. The second-order valence-electron chi connectivity index (χ2n) is 4.85. The predicted molar refractivity (Wildman–Crippen MR) is 71.6 cm³/mol. The Morgan fingerprint density at radius 1 is 1.00 bits per heavy atom. The molecule has 0 heterocycles. The van der Waals surface area contributed by atoms with E-state index in [0.717, 1.165) is 0 Å². The summed E-state index contributed by atoms with van der Waals surface area (Å²) >= 11 is 3.81. The van der Waals surface area contributed by atoms with Crippen LogP contribution in [-0.4, -0.2) is 0 Å². The molecule has 2 atom stereocenters. The Labute approximate surface area is 102 Å². The highest BCUT2D eigenvalue weighted by molar-refractivity contribution is 9.09. The van der Waals surface area contributed by atoms with E-state index in [0.29, 0.717) is 16.7 Å². The molecule has 1 heteroatoms. The molecule has 0 aromatic heterocycles. The van der Waals surface area contributed by atoms with Gasteiger partial charge in [0.15, 0.2) is 0 Å². The fourth-order valence-corrected chi connectivity index (χ4v) is 2.47. The lowest BCUT2D eigenvalue weighted by Gasteiger charge is -2.22. The smallest absolute Gasteiger partial charge is 0.0423 e. The molecule has 0 aliphatic rings. The summed E-state index contributed by atoms with van der Waals surface area (Å²) in [5.41, 5.74) is 4.16. The minimum atomic E-state index is 0.469. The van der Waals surface area contributed by atoms with Crippen LogP contribution in [0.1, 0.15) is 42.3 Å². The van der Waals surface area contributed by atoms with Crippen LogP contribution in [0, 0.1) is 25.7 Å². The van der Waals surface area contributed by atoms with E-state index >= 15 is 0 Å². The van der Waals surface area contributed by atoms with Crippen molar-refractivity contribution in [2.24, 2.45) is 11.8 Å². The average molecular weight is 269 g/mol. The van der Waals surface area contributed by atoms with E-state index in [1.807, 2.05) is 0 Å². The maximum absolute atomic E-state index is 3.81. The maximum Gasteiger partial charge on any atom is 0.0423 e. The van der Waals surface area contributed by atoms with Gasteiger partial charge in [-0.3, -0.25) is 0 Å². The van der Waals surface area contributed by atoms with Crippen LogP contribution in [0.25, 0.3) is 0 Å². The Morgan fingerprint density at radius 3 is 2.07 bits per heavy atom. The van der Waals surface area contributed by atoms with E-state index in [-0.39, 0.29) is 0 Å². The summed E-state index contributed by atoms with van der Waals surface area (Å²) in [7, 11) is 0. The van der Waals surface area contributed by atoms with Gasteiger partial charge in [-0.25, -0.2) is 0 Å². The lowest BCUT2D eigenvalue weighted by atomic mass is 9.90. The van der Waals surface area contributed by atoms with Gasteiger partial charge in [0.1, 0.15) is 0 Å². The zero-order valence-electron chi connectivity index (χ0n) is 10.3. The normalized spacial score (nSPS) is 15.4. The number of benzene rings is 1. The molecule has 0 saturated heterocycles. The van der Waals surface area contributed by atoms with Gasteiger partial charge < -0.3 is 0 Å². The fraction of sp³-hybridized carbons (Fsp3) is 0.571. The van der Waals surface area contributed by atoms with Crippen LogP contribution in [-0.2, 0) is 0 Å². The lowest BCUT2D eigenvalue weighted by Crippen LogP contribution is -2.10. The van der Waals surface area contributed by atoms with E-state index in [2.05, 4.69) is 68.7 Å². The molecule has 0 saturated carbocycles. The van der Waals surface area contributed by atoms with Crippen LogP contribution >= 0.6 is 15.9 Å². The van der Waals surface area contributed by atoms with Crippen LogP contribution in [0.15, 0.2) is 18.2 Å². The number of halogens is 1. The molecule has 0 amide bonds. The molecule has 0 aliphatic carbocycles. The van der Waals surface area contributed by atoms with E-state index in [4.69, 9.17) is 0 Å². The first-order valence-electron chi connectivity index (χ1n) is 5.64. The Balaban J connectivity index is 2.91. The third kappa shape index (κ3) is 3.07. The third-order valence-electron chi connectivity index (χ3n) is 3.36. The van der Waals surface area contributed by atoms with Crippen molar-refractivity contribution in [3.63, 3.8) is 0 Å². The van der Waals surface area contributed by atoms with Crippen molar-refractivity contribution in [1.82, 2.24) is 0 Å². The second kappa shape index (κ2) is 5.16. The highest BCUT2D eigenvalue weighted by Gasteiger charge is 2.19. The van der Waals surface area contributed by atoms with Crippen LogP contribution in [0.4, 0.5) is 0 Å². The molecule has 0 spiro atoms. The quantitative estimate of drug-likeness (QED) is 0.675. The van der Waals surface area contributed by atoms with Gasteiger partial charge in [-0.2, -0.15) is 0 Å². The summed E-state index contributed by atoms with van der Waals surface area (Å²) in [6.07, 6.45) is 0. The highest BCUT2D eigenvalue weighted by atomic mass is 79.9. The monoisotopic (exact) mass is 268 g/mol. The molecule has 0 aliphatic heterocycles. The first-order valence-corrected chi connectivity index (χ1v) is 6.56. The van der Waals surface area contributed by atoms with Gasteiger partial charge in [0.25, 0.3) is 0 Å². The molecule has 0 nitrogen and oxygen atoms in total. The van der Waals surface area contributed by atoms with Gasteiger partial charge in [0, 0.05) is 4.83 Å². The van der Waals surface area contributed by atoms with Gasteiger partial charge in [-0.05, 0) is 42.4 Å². The van der Waals surface area contributed by atoms with Crippen molar-refractivity contribution in [1.29, 1.82) is 0 Å². The van der Waals surface area contributed by atoms with Crippen LogP contribution in [0.3, 0.4) is 0 Å². The van der Waals surface area contributed by atoms with Crippen LogP contribution < -0.4 is 0 Å². The first-order chi connectivity index (χ1) is 6.93. The SMILES string of the molecule is Cc1ccc(C(Br)C(C)C(C)C)cc1C. The zero-order chi connectivity index (χ0) is 11.6. The van der Waals surface area contributed by atoms with Gasteiger partial charge in [0.2, 0.25) is 0 Å². The van der Waals surface area contributed by atoms with Crippen molar-refractivity contribution in [3.05, 3.63) is 34.9 Å². The van der Waals surface area contributed by atoms with E-state index in [1.54, 1.807) is 0 Å². The lowest BCUT2D eigenvalue weighted by molar-refractivity contribution is 0.414. The number of alkyl halides is 1. The van der Waals surface area contributed by atoms with Crippen molar-refractivity contribution in [2.45, 2.75) is 39.4 Å². The summed E-state index contributed by atoms with van der Waals surface area (Å²) in [4.78, 5) is 0.469. The molecule has 0 N–H and O–H groups in total. The minimum absolute atomic E-state index is 0.469. The molecule has 0 fully saturated rings. The molecule has 1 rings (SSSR count). The molecule has 0 bridgehead atoms. The third-order valence-corrected chi connectivity index (χ3v) is 4.73. The second-order valence-corrected chi connectivity index (χ2v) is 5.84. The Morgan fingerprint density at radius 2 is 1.60 bits per heavy atom. The highest BCUT2D eigenvalue weighted by Crippen LogP contribution is 2.35. The topological polar surface area (TPSA) is 0 Å². The first kappa shape index (κ1) is 12.8. The summed E-state index contributed by atoms with van der Waals surface area (Å²) in [6.45, 7) is 11.2. The molecule has 1 aromatic rings. The average Bonchev–Trinajstić information content (AvgIpc) is 2.19. The largest absolute Gasteiger partial charge is 0.0836 e. The molecule has 15 heavy (non-hydrogen) atoms. The molecule has 2 unspecified atom stereocenters. The Bertz CT molecular complexity index is 328. The van der Waals surface area contributed by atoms with Crippen molar-refractivity contribution in [2.75, 3.05) is 0 Å². The number of aryl methyl sites for hydroxylation is 2. The number of hydrogen-bond donors (Lipinski definition) is 0. The van der Waals surface area contributed by atoms with Gasteiger partial charge >= 0.3 is 0 Å². The number of hydrogen-bond acceptors (Lipinski definition) is 0. The Kier molecular flexibility index (Phi) is 4.39. The maximum atomic E-state index is 3.81. The standard InChI is InChI=1S/C14H21Br/c1-9(2)12(5)14(15)13-7-6-10(3)11(4)8-13/h6-9,12,14H,1-5H3. The number of rotatable bonds is 3. The fourth-order valence-electron chi connectivity index (χ4n) is 1.58. The van der Waals surface area contributed by atoms with Crippen molar-refractivity contribution >= 4 is 15.9 Å². The summed E-state index contributed by atoms with van der Waals surface area (Å²) in [6, 6.07) is 6.75. The van der Waals surface area contributed by atoms with E-state index in [9.17, 15) is 0 Å². The van der Waals surface area contributed by atoms with Crippen molar-refractivity contribution in [3.8, 4) is 0 Å². The zero-order valence-corrected chi connectivity index (χ0v) is 11.9. The van der Waals surface area contributed by atoms with Crippen molar-refractivity contribution < 1.29 is 0 Å². The summed E-state index contributed by atoms with van der Waals surface area (Å²) < 4.78 is 0. The molecule has 84 valence electrons. The van der Waals surface area contributed by atoms with Crippen LogP contribution in [0.2, 0.25) is 0 Å². The molecular weight excluding hydrogens is 248 g/mol. The Hall–Kier alpha value is -0.300. The molecular formula is C14H21Br. The van der Waals surface area contributed by atoms with Crippen LogP contribution in [0.5, 0.6) is 0 Å².